The molecule has 0 aliphatic rings. The molecule has 0 radical (unpaired) electrons. The van der Waals surface area contributed by atoms with E-state index in [0.29, 0.717) is 0 Å². The molecule has 3 atom stereocenters. The molecule has 3 unspecified atom stereocenters. The van der Waals surface area contributed by atoms with E-state index in [1.165, 1.54) is 6.92 Å². The minimum Gasteiger partial charge on any atom is -0.481 e. The monoisotopic (exact) mass is 378 g/mol. The van der Waals surface area contributed by atoms with E-state index in [-0.39, 0.29) is 12.2 Å². The van der Waals surface area contributed by atoms with Crippen LogP contribution in [0.1, 0.15) is 19.8 Å². The highest BCUT2D eigenvalue weighted by Crippen LogP contribution is 2.00. The van der Waals surface area contributed by atoms with Gasteiger partial charge < -0.3 is 31.9 Å². The number of carbonyl (C=O) groups is 5. The van der Waals surface area contributed by atoms with Gasteiger partial charge in [0.25, 0.3) is 0 Å². The number of hydrogen-bond acceptors (Lipinski definition) is 7. The van der Waals surface area contributed by atoms with Crippen LogP contribution in [0, 0.1) is 0 Å². The molecule has 0 saturated heterocycles. The van der Waals surface area contributed by atoms with Gasteiger partial charge in [-0.2, -0.15) is 12.6 Å². The van der Waals surface area contributed by atoms with Crippen LogP contribution in [0.15, 0.2) is 0 Å². The number of rotatable bonds is 11. The summed E-state index contributed by atoms with van der Waals surface area (Å²) >= 11 is 3.86. The number of carboxylic acid groups (broad SMARTS) is 2. The molecule has 7 N–H and O–H groups in total. The van der Waals surface area contributed by atoms with E-state index in [4.69, 9.17) is 15.9 Å². The van der Waals surface area contributed by atoms with E-state index in [2.05, 4.69) is 28.6 Å². The second kappa shape index (κ2) is 11.3. The molecule has 12 heteroatoms. The second-order valence-electron chi connectivity index (χ2n) is 5.12. The zero-order valence-corrected chi connectivity index (χ0v) is 14.4. The number of nitrogens with one attached hydrogen (secondary N) is 3. The number of carboxylic acids is 2. The fourth-order valence-electron chi connectivity index (χ4n) is 1.59. The van der Waals surface area contributed by atoms with Crippen LogP contribution in [0.2, 0.25) is 0 Å². The topological polar surface area (TPSA) is 188 Å². The summed E-state index contributed by atoms with van der Waals surface area (Å²) in [7, 11) is 0. The summed E-state index contributed by atoms with van der Waals surface area (Å²) in [4.78, 5) is 56.7. The maximum absolute atomic E-state index is 12.1. The maximum atomic E-state index is 12.1. The number of amides is 3. The van der Waals surface area contributed by atoms with E-state index in [1.54, 1.807) is 0 Å². The summed E-state index contributed by atoms with van der Waals surface area (Å²) in [5, 5.41) is 23.9. The summed E-state index contributed by atoms with van der Waals surface area (Å²) in [5.74, 6) is -4.62. The summed E-state index contributed by atoms with van der Waals surface area (Å²) in [6, 6.07) is -3.22. The molecule has 25 heavy (non-hydrogen) atoms. The lowest BCUT2D eigenvalue weighted by atomic mass is 10.1. The van der Waals surface area contributed by atoms with Gasteiger partial charge in [0, 0.05) is 12.2 Å². The van der Waals surface area contributed by atoms with Crippen molar-refractivity contribution in [3.8, 4) is 0 Å². The van der Waals surface area contributed by atoms with Crippen LogP contribution < -0.4 is 21.7 Å². The number of thiol groups is 1. The lowest BCUT2D eigenvalue weighted by Gasteiger charge is -2.21. The Hall–Kier alpha value is -2.34. The van der Waals surface area contributed by atoms with Gasteiger partial charge in [-0.3, -0.25) is 24.0 Å². The number of carbonyl (C=O) groups excluding carboxylic acids is 3. The van der Waals surface area contributed by atoms with Gasteiger partial charge in [-0.05, 0) is 13.3 Å². The van der Waals surface area contributed by atoms with Crippen molar-refractivity contribution in [2.24, 2.45) is 5.73 Å². The zero-order valence-electron chi connectivity index (χ0n) is 13.5. The average Bonchev–Trinajstić information content (AvgIpc) is 2.54. The van der Waals surface area contributed by atoms with Crippen LogP contribution in [-0.4, -0.2) is 70.3 Å². The quantitative estimate of drug-likeness (QED) is 0.189. The molecule has 0 spiro atoms. The Balaban J connectivity index is 4.82. The standard InChI is InChI=1S/C13H22N4O7S/c1-6(16-12(23)7(14)5-25)11(22)17-8(2-3-9(18)19)13(24)15-4-10(20)21/h6-8,25H,2-5,14H2,1H3,(H,15,24)(H,16,23)(H,17,22)(H,18,19)(H,20,21). The number of nitrogens with two attached hydrogens (primary N) is 1. The summed E-state index contributed by atoms with van der Waals surface area (Å²) in [5.41, 5.74) is 5.46. The SMILES string of the molecule is CC(NC(=O)C(N)CS)C(=O)NC(CCC(=O)O)C(=O)NCC(=O)O. The molecule has 0 aromatic heterocycles. The Morgan fingerprint density at radius 3 is 2.08 bits per heavy atom. The minimum absolute atomic E-state index is 0.0685. The van der Waals surface area contributed by atoms with Crippen molar-refractivity contribution < 1.29 is 34.2 Å². The molecule has 11 nitrogen and oxygen atoms in total. The number of hydrogen-bond donors (Lipinski definition) is 7. The highest BCUT2D eigenvalue weighted by molar-refractivity contribution is 7.80. The fraction of sp³-hybridized carbons (Fsp3) is 0.615. The molecule has 0 bridgehead atoms. The van der Waals surface area contributed by atoms with Gasteiger partial charge in [-0.15, -0.1) is 0 Å². The van der Waals surface area contributed by atoms with E-state index in [9.17, 15) is 24.0 Å². The zero-order chi connectivity index (χ0) is 19.6. The Labute approximate surface area is 149 Å². The van der Waals surface area contributed by atoms with Crippen molar-refractivity contribution in [3.63, 3.8) is 0 Å². The van der Waals surface area contributed by atoms with Crippen LogP contribution in [0.4, 0.5) is 0 Å². The molecule has 0 aromatic carbocycles. The Morgan fingerprint density at radius 1 is 1.00 bits per heavy atom. The van der Waals surface area contributed by atoms with Gasteiger partial charge in [0.15, 0.2) is 0 Å². The highest BCUT2D eigenvalue weighted by Gasteiger charge is 2.26. The highest BCUT2D eigenvalue weighted by atomic mass is 32.1. The van der Waals surface area contributed by atoms with E-state index in [0.717, 1.165) is 0 Å². The van der Waals surface area contributed by atoms with Crippen LogP contribution in [-0.2, 0) is 24.0 Å². The van der Waals surface area contributed by atoms with Gasteiger partial charge >= 0.3 is 11.9 Å². The van der Waals surface area contributed by atoms with Crippen molar-refractivity contribution in [1.29, 1.82) is 0 Å². The van der Waals surface area contributed by atoms with Gasteiger partial charge in [-0.25, -0.2) is 0 Å². The van der Waals surface area contributed by atoms with Crippen molar-refractivity contribution in [1.82, 2.24) is 16.0 Å². The molecule has 0 rings (SSSR count). The Morgan fingerprint density at radius 2 is 1.60 bits per heavy atom. The normalized spacial score (nSPS) is 13.9. The first-order chi connectivity index (χ1) is 11.6. The van der Waals surface area contributed by atoms with Crippen molar-refractivity contribution in [2.75, 3.05) is 12.3 Å². The van der Waals surface area contributed by atoms with Crippen LogP contribution in [0.5, 0.6) is 0 Å². The van der Waals surface area contributed by atoms with Crippen molar-refractivity contribution in [2.45, 2.75) is 37.9 Å². The minimum atomic E-state index is -1.29. The Kier molecular flexibility index (Phi) is 10.2. The molecule has 3 amide bonds. The molecule has 0 heterocycles. The third-order valence-corrected chi connectivity index (χ3v) is 3.37. The van der Waals surface area contributed by atoms with Gasteiger partial charge in [0.1, 0.15) is 18.6 Å². The second-order valence-corrected chi connectivity index (χ2v) is 5.49. The first kappa shape index (κ1) is 22.7. The lowest BCUT2D eigenvalue weighted by molar-refractivity contribution is -0.140. The fourth-order valence-corrected chi connectivity index (χ4v) is 1.75. The van der Waals surface area contributed by atoms with Crippen LogP contribution >= 0.6 is 12.6 Å². The summed E-state index contributed by atoms with van der Waals surface area (Å²) in [6.45, 7) is 0.670. The molecule has 0 aliphatic heterocycles. The van der Waals surface area contributed by atoms with Gasteiger partial charge in [-0.1, -0.05) is 0 Å². The smallest absolute Gasteiger partial charge is 0.322 e. The predicted molar refractivity (Wildman–Crippen MR) is 88.9 cm³/mol. The first-order valence-electron chi connectivity index (χ1n) is 7.27. The third-order valence-electron chi connectivity index (χ3n) is 2.98. The van der Waals surface area contributed by atoms with E-state index < -0.39 is 60.8 Å². The molecule has 0 saturated carbocycles. The molecule has 142 valence electrons. The van der Waals surface area contributed by atoms with Gasteiger partial charge in [0.05, 0.1) is 6.04 Å². The average molecular weight is 378 g/mol. The molecule has 0 aliphatic carbocycles. The first-order valence-corrected chi connectivity index (χ1v) is 7.90. The van der Waals surface area contributed by atoms with Gasteiger partial charge in [0.2, 0.25) is 17.7 Å². The molecule has 0 aromatic rings. The van der Waals surface area contributed by atoms with Crippen LogP contribution in [0.3, 0.4) is 0 Å². The van der Waals surface area contributed by atoms with Crippen LogP contribution in [0.25, 0.3) is 0 Å². The predicted octanol–water partition coefficient (Wildman–Crippen LogP) is -2.70. The summed E-state index contributed by atoms with van der Waals surface area (Å²) < 4.78 is 0. The molecular weight excluding hydrogens is 356 g/mol. The van der Waals surface area contributed by atoms with E-state index >= 15 is 0 Å². The largest absolute Gasteiger partial charge is 0.481 e. The Bertz CT molecular complexity index is 529. The van der Waals surface area contributed by atoms with Crippen molar-refractivity contribution >= 4 is 42.3 Å². The van der Waals surface area contributed by atoms with Crippen molar-refractivity contribution in [3.05, 3.63) is 0 Å². The molecular formula is C13H22N4O7S. The van der Waals surface area contributed by atoms with E-state index in [1.807, 2.05) is 0 Å². The maximum Gasteiger partial charge on any atom is 0.322 e. The lowest BCUT2D eigenvalue weighted by Crippen LogP contribution is -2.55. The number of aliphatic carboxylic acids is 2. The third kappa shape index (κ3) is 9.52. The summed E-state index contributed by atoms with van der Waals surface area (Å²) in [6.07, 6.45) is -0.667. The molecule has 0 fully saturated rings.